The fourth-order valence-corrected chi connectivity index (χ4v) is 0.851. The number of amides is 3. The Bertz CT molecular complexity index is 250. The van der Waals surface area contributed by atoms with Gasteiger partial charge in [0, 0.05) is 0 Å². The second-order valence-corrected chi connectivity index (χ2v) is 2.97. The largest absolute Gasteiger partial charge is 0.465 e. The van der Waals surface area contributed by atoms with Crippen LogP contribution in [-0.4, -0.2) is 34.3 Å². The van der Waals surface area contributed by atoms with Gasteiger partial charge in [0.2, 0.25) is 0 Å². The predicted octanol–water partition coefficient (Wildman–Crippen LogP) is 0.0728. The van der Waals surface area contributed by atoms with Gasteiger partial charge in [-0.15, -0.1) is 0 Å². The molecule has 1 atom stereocenters. The molecule has 0 rings (SSSR count). The monoisotopic (exact) mass is 204 g/mol. The summed E-state index contributed by atoms with van der Waals surface area (Å²) < 4.78 is 0. The van der Waals surface area contributed by atoms with Crippen LogP contribution in [0.15, 0.2) is 0 Å². The van der Waals surface area contributed by atoms with Gasteiger partial charge < -0.3 is 15.5 Å². The Morgan fingerprint density at radius 1 is 1.07 bits per heavy atom. The average molecular weight is 204 g/mol. The van der Waals surface area contributed by atoms with Crippen molar-refractivity contribution in [2.45, 2.75) is 19.9 Å². The van der Waals surface area contributed by atoms with Crippen LogP contribution in [-0.2, 0) is 4.79 Å². The minimum Gasteiger partial charge on any atom is -0.465 e. The Balaban J connectivity index is 4.41. The van der Waals surface area contributed by atoms with E-state index in [1.54, 1.807) is 19.2 Å². The maximum atomic E-state index is 11.1. The van der Waals surface area contributed by atoms with Crippen LogP contribution >= 0.6 is 0 Å². The van der Waals surface area contributed by atoms with E-state index < -0.39 is 24.1 Å². The summed E-state index contributed by atoms with van der Waals surface area (Å²) in [7, 11) is 0. The number of nitrogens with one attached hydrogen (secondary N) is 2. The Hall–Kier alpha value is -1.79. The first kappa shape index (κ1) is 12.2. The lowest BCUT2D eigenvalue weighted by molar-refractivity contribution is -0.123. The van der Waals surface area contributed by atoms with Crippen LogP contribution in [0.2, 0.25) is 0 Å². The zero-order valence-electron chi connectivity index (χ0n) is 7.77. The predicted molar refractivity (Wildman–Crippen MR) is 46.0 cm³/mol. The highest BCUT2D eigenvalue weighted by Gasteiger charge is 2.25. The molecule has 4 N–H and O–H groups in total. The van der Waals surface area contributed by atoms with Crippen LogP contribution in [0.3, 0.4) is 0 Å². The summed E-state index contributed by atoms with van der Waals surface area (Å²) in [5, 5.41) is 20.1. The molecular weight excluding hydrogens is 192 g/mol. The molecular formula is C7H12N2O5. The van der Waals surface area contributed by atoms with Crippen molar-refractivity contribution in [2.75, 3.05) is 0 Å². The van der Waals surface area contributed by atoms with Gasteiger partial charge in [-0.2, -0.15) is 0 Å². The van der Waals surface area contributed by atoms with Gasteiger partial charge in [-0.25, -0.2) is 9.59 Å². The van der Waals surface area contributed by atoms with Gasteiger partial charge in [0.15, 0.2) is 0 Å². The Kier molecular flexibility index (Phi) is 4.41. The van der Waals surface area contributed by atoms with Crippen molar-refractivity contribution >= 4 is 18.1 Å². The third-order valence-electron chi connectivity index (χ3n) is 1.46. The number of hydrogen-bond donors (Lipinski definition) is 4. The van der Waals surface area contributed by atoms with Crippen LogP contribution in [0.4, 0.5) is 9.59 Å². The van der Waals surface area contributed by atoms with Crippen LogP contribution in [0.25, 0.3) is 0 Å². The number of carbonyl (C=O) groups is 3. The first-order chi connectivity index (χ1) is 6.34. The van der Waals surface area contributed by atoms with E-state index >= 15 is 0 Å². The molecule has 0 aromatic carbocycles. The van der Waals surface area contributed by atoms with Crippen molar-refractivity contribution in [1.29, 1.82) is 0 Å². The lowest BCUT2D eigenvalue weighted by Gasteiger charge is -2.18. The van der Waals surface area contributed by atoms with Crippen molar-refractivity contribution in [3.63, 3.8) is 0 Å². The Morgan fingerprint density at radius 3 is 1.86 bits per heavy atom. The second-order valence-electron chi connectivity index (χ2n) is 2.97. The van der Waals surface area contributed by atoms with Gasteiger partial charge >= 0.3 is 12.2 Å². The van der Waals surface area contributed by atoms with E-state index in [2.05, 4.69) is 0 Å². The molecule has 1 unspecified atom stereocenters. The Morgan fingerprint density at radius 2 is 1.57 bits per heavy atom. The highest BCUT2D eigenvalue weighted by Crippen LogP contribution is 2.01. The van der Waals surface area contributed by atoms with E-state index in [1.807, 2.05) is 5.32 Å². The molecule has 0 aliphatic heterocycles. The number of carboxylic acid groups (broad SMARTS) is 2. The molecule has 0 saturated carbocycles. The molecule has 7 nitrogen and oxygen atoms in total. The summed E-state index contributed by atoms with van der Waals surface area (Å²) in [5.74, 6) is -1.21. The van der Waals surface area contributed by atoms with Gasteiger partial charge in [-0.3, -0.25) is 10.1 Å². The molecule has 14 heavy (non-hydrogen) atoms. The van der Waals surface area contributed by atoms with Gasteiger partial charge in [-0.05, 0) is 5.92 Å². The lowest BCUT2D eigenvalue weighted by Crippen LogP contribution is -2.50. The second kappa shape index (κ2) is 5.05. The van der Waals surface area contributed by atoms with Gasteiger partial charge in [-0.1, -0.05) is 13.8 Å². The van der Waals surface area contributed by atoms with Gasteiger partial charge in [0.05, 0.1) is 0 Å². The smallest absolute Gasteiger partial charge is 0.411 e. The van der Waals surface area contributed by atoms with Crippen LogP contribution in [0, 0.1) is 5.92 Å². The van der Waals surface area contributed by atoms with Gasteiger partial charge in [0.25, 0.3) is 5.91 Å². The summed E-state index contributed by atoms with van der Waals surface area (Å²) in [6.45, 7) is 3.20. The van der Waals surface area contributed by atoms with E-state index in [-0.39, 0.29) is 5.92 Å². The zero-order valence-corrected chi connectivity index (χ0v) is 7.77. The number of rotatable bonds is 3. The standard InChI is InChI=1S/C7H12N2O5/c1-3(2)4(8-6(11)12)5(10)9-7(13)14/h3-4,8H,1-2H3,(H,9,10)(H,11,12)(H,13,14). The molecule has 7 heteroatoms. The normalized spacial score (nSPS) is 11.9. The highest BCUT2D eigenvalue weighted by atomic mass is 16.4. The van der Waals surface area contributed by atoms with Gasteiger partial charge in [0.1, 0.15) is 6.04 Å². The van der Waals surface area contributed by atoms with Crippen molar-refractivity contribution in [3.05, 3.63) is 0 Å². The first-order valence-corrected chi connectivity index (χ1v) is 3.87. The summed E-state index contributed by atoms with van der Waals surface area (Å²) in [5.41, 5.74) is 0. The molecule has 0 aromatic heterocycles. The fourth-order valence-electron chi connectivity index (χ4n) is 0.851. The maximum absolute atomic E-state index is 11.1. The summed E-state index contributed by atoms with van der Waals surface area (Å²) in [4.78, 5) is 31.5. The SMILES string of the molecule is CC(C)C(NC(=O)O)C(=O)NC(=O)O. The molecule has 0 aliphatic carbocycles. The molecule has 80 valence electrons. The maximum Gasteiger partial charge on any atom is 0.411 e. The Labute approximate surface area is 80.1 Å². The van der Waals surface area contributed by atoms with E-state index in [0.29, 0.717) is 0 Å². The number of imide groups is 1. The zero-order chi connectivity index (χ0) is 11.3. The molecule has 3 amide bonds. The number of carbonyl (C=O) groups excluding carboxylic acids is 1. The van der Waals surface area contributed by atoms with Crippen molar-refractivity contribution < 1.29 is 24.6 Å². The lowest BCUT2D eigenvalue weighted by atomic mass is 10.0. The molecule has 0 radical (unpaired) electrons. The molecule has 0 saturated heterocycles. The van der Waals surface area contributed by atoms with E-state index in [4.69, 9.17) is 10.2 Å². The van der Waals surface area contributed by atoms with E-state index in [9.17, 15) is 14.4 Å². The van der Waals surface area contributed by atoms with Crippen LogP contribution in [0.5, 0.6) is 0 Å². The topological polar surface area (TPSA) is 116 Å². The quantitative estimate of drug-likeness (QED) is 0.519. The first-order valence-electron chi connectivity index (χ1n) is 3.87. The minimum absolute atomic E-state index is 0.328. The summed E-state index contributed by atoms with van der Waals surface area (Å²) >= 11 is 0. The van der Waals surface area contributed by atoms with Crippen molar-refractivity contribution in [1.82, 2.24) is 10.6 Å². The third kappa shape index (κ3) is 4.29. The molecule has 0 bridgehead atoms. The highest BCUT2D eigenvalue weighted by molar-refractivity contribution is 5.95. The third-order valence-corrected chi connectivity index (χ3v) is 1.46. The average Bonchev–Trinajstić information content (AvgIpc) is 1.97. The molecule has 0 spiro atoms. The van der Waals surface area contributed by atoms with Crippen LogP contribution < -0.4 is 10.6 Å². The molecule has 0 aliphatic rings. The summed E-state index contributed by atoms with van der Waals surface area (Å²) in [6, 6.07) is -1.07. The fraction of sp³-hybridized carbons (Fsp3) is 0.571. The molecule has 0 fully saturated rings. The van der Waals surface area contributed by atoms with Crippen molar-refractivity contribution in [3.8, 4) is 0 Å². The minimum atomic E-state index is -1.51. The van der Waals surface area contributed by atoms with E-state index in [0.717, 1.165) is 0 Å². The van der Waals surface area contributed by atoms with Crippen molar-refractivity contribution in [2.24, 2.45) is 5.92 Å². The summed E-state index contributed by atoms with van der Waals surface area (Å²) in [6.07, 6.45) is -2.88. The van der Waals surface area contributed by atoms with E-state index in [1.165, 1.54) is 0 Å². The number of hydrogen-bond acceptors (Lipinski definition) is 3. The molecule has 0 aromatic rings. The van der Waals surface area contributed by atoms with Crippen LogP contribution in [0.1, 0.15) is 13.8 Å². The molecule has 0 heterocycles.